The second-order valence-electron chi connectivity index (χ2n) is 8.07. The topological polar surface area (TPSA) is 63.6 Å². The lowest BCUT2D eigenvalue weighted by Crippen LogP contribution is -2.39. The zero-order valence-corrected chi connectivity index (χ0v) is 15.1. The Labute approximate surface area is 139 Å². The number of aliphatic hydroxyl groups excluding tert-OH is 1. The molecule has 0 heterocycles. The second-order valence-corrected chi connectivity index (χ2v) is 9.69. The number of aryl methyl sites for hydroxylation is 1. The molecule has 1 aromatic carbocycles. The van der Waals surface area contributed by atoms with Crippen LogP contribution < -0.4 is 0 Å². The van der Waals surface area contributed by atoms with Gasteiger partial charge in [-0.3, -0.25) is 4.18 Å². The lowest BCUT2D eigenvalue weighted by Gasteiger charge is -2.40. The molecule has 2 aliphatic carbocycles. The van der Waals surface area contributed by atoms with Gasteiger partial charge in [-0.1, -0.05) is 38.5 Å². The smallest absolute Gasteiger partial charge is 0.296 e. The summed E-state index contributed by atoms with van der Waals surface area (Å²) in [5.74, 6) is 0. The highest BCUT2D eigenvalue weighted by Crippen LogP contribution is 2.72. The zero-order valence-electron chi connectivity index (χ0n) is 14.3. The fourth-order valence-corrected chi connectivity index (χ4v) is 5.53. The molecule has 1 aromatic rings. The normalized spacial score (nSPS) is 35.6. The average molecular weight is 338 g/mol. The number of hydrogen-bond acceptors (Lipinski definition) is 4. The molecule has 2 bridgehead atoms. The Morgan fingerprint density at radius 1 is 1.17 bits per heavy atom. The molecule has 0 radical (unpaired) electrons. The summed E-state index contributed by atoms with van der Waals surface area (Å²) in [6, 6.07) is 6.69. The number of aliphatic hydroxyl groups is 1. The first kappa shape index (κ1) is 16.9. The van der Waals surface area contributed by atoms with Crippen molar-refractivity contribution in [1.82, 2.24) is 0 Å². The molecule has 0 aliphatic heterocycles. The van der Waals surface area contributed by atoms with E-state index < -0.39 is 16.2 Å². The number of rotatable bonds is 4. The molecule has 0 spiro atoms. The molecular formula is C18H26O4S. The van der Waals surface area contributed by atoms with Gasteiger partial charge in [-0.05, 0) is 49.1 Å². The highest BCUT2D eigenvalue weighted by molar-refractivity contribution is 7.86. The van der Waals surface area contributed by atoms with Crippen molar-refractivity contribution in [2.45, 2.75) is 58.0 Å². The molecule has 2 fully saturated rings. The van der Waals surface area contributed by atoms with Crippen LogP contribution in [0.3, 0.4) is 0 Å². The SMILES string of the molecule is Cc1ccc(S(=O)(=O)OCC23CCC(C)(C(O)C2)C3(C)C)cc1. The summed E-state index contributed by atoms with van der Waals surface area (Å²) in [6.45, 7) is 8.44. The summed E-state index contributed by atoms with van der Waals surface area (Å²) in [7, 11) is -3.76. The van der Waals surface area contributed by atoms with E-state index in [1.165, 1.54) is 0 Å². The number of benzene rings is 1. The Hall–Kier alpha value is -0.910. The predicted octanol–water partition coefficient (Wildman–Crippen LogP) is 3.28. The Balaban J connectivity index is 1.82. The third-order valence-corrected chi connectivity index (χ3v) is 8.27. The molecule has 0 amide bonds. The highest BCUT2D eigenvalue weighted by atomic mass is 32.2. The molecular weight excluding hydrogens is 312 g/mol. The van der Waals surface area contributed by atoms with E-state index in [9.17, 15) is 13.5 Å². The van der Waals surface area contributed by atoms with Gasteiger partial charge in [-0.25, -0.2) is 0 Å². The Bertz CT molecular complexity index is 707. The van der Waals surface area contributed by atoms with Gasteiger partial charge in [0.25, 0.3) is 10.1 Å². The highest BCUT2D eigenvalue weighted by Gasteiger charge is 2.69. The second kappa shape index (κ2) is 5.04. The molecule has 1 N–H and O–H groups in total. The van der Waals surface area contributed by atoms with E-state index in [1.54, 1.807) is 24.3 Å². The maximum atomic E-state index is 12.5. The molecule has 3 atom stereocenters. The summed E-state index contributed by atoms with van der Waals surface area (Å²) in [5, 5.41) is 10.5. The molecule has 2 saturated carbocycles. The van der Waals surface area contributed by atoms with E-state index in [1.807, 2.05) is 6.92 Å². The fourth-order valence-electron chi connectivity index (χ4n) is 4.54. The molecule has 0 saturated heterocycles. The van der Waals surface area contributed by atoms with Gasteiger partial charge in [0.2, 0.25) is 0 Å². The first-order valence-corrected chi connectivity index (χ1v) is 9.59. The summed E-state index contributed by atoms with van der Waals surface area (Å²) >= 11 is 0. The maximum Gasteiger partial charge on any atom is 0.296 e. The van der Waals surface area contributed by atoms with Gasteiger partial charge in [0, 0.05) is 5.41 Å². The monoisotopic (exact) mass is 338 g/mol. The third kappa shape index (κ3) is 2.28. The number of hydrogen-bond donors (Lipinski definition) is 1. The minimum atomic E-state index is -3.76. The van der Waals surface area contributed by atoms with Crippen LogP contribution >= 0.6 is 0 Å². The van der Waals surface area contributed by atoms with Crippen molar-refractivity contribution in [3.8, 4) is 0 Å². The van der Waals surface area contributed by atoms with Crippen molar-refractivity contribution < 1.29 is 17.7 Å². The van der Waals surface area contributed by atoms with Gasteiger partial charge in [-0.2, -0.15) is 8.42 Å². The van der Waals surface area contributed by atoms with E-state index in [-0.39, 0.29) is 27.7 Å². The van der Waals surface area contributed by atoms with Crippen molar-refractivity contribution in [1.29, 1.82) is 0 Å². The van der Waals surface area contributed by atoms with Gasteiger partial charge >= 0.3 is 0 Å². The van der Waals surface area contributed by atoms with E-state index in [2.05, 4.69) is 20.8 Å². The molecule has 2 aliphatic rings. The Morgan fingerprint density at radius 2 is 1.78 bits per heavy atom. The minimum Gasteiger partial charge on any atom is -0.393 e. The standard InChI is InChI=1S/C18H26O4S/c1-13-5-7-14(8-6-13)23(20,21)22-12-18-10-9-17(4,15(19)11-18)16(18,2)3/h5-8,15,19H,9-12H2,1-4H3. The van der Waals surface area contributed by atoms with Crippen LogP contribution in [0.1, 0.15) is 45.6 Å². The molecule has 4 nitrogen and oxygen atoms in total. The van der Waals surface area contributed by atoms with E-state index in [0.29, 0.717) is 6.42 Å². The van der Waals surface area contributed by atoms with Gasteiger partial charge in [0.15, 0.2) is 0 Å². The van der Waals surface area contributed by atoms with Gasteiger partial charge in [0.05, 0.1) is 17.6 Å². The predicted molar refractivity (Wildman–Crippen MR) is 88.5 cm³/mol. The van der Waals surface area contributed by atoms with Crippen molar-refractivity contribution in [2.24, 2.45) is 16.2 Å². The molecule has 128 valence electrons. The van der Waals surface area contributed by atoms with Crippen LogP contribution in [-0.2, 0) is 14.3 Å². The van der Waals surface area contributed by atoms with Gasteiger partial charge in [-0.15, -0.1) is 0 Å². The van der Waals surface area contributed by atoms with Crippen molar-refractivity contribution in [3.63, 3.8) is 0 Å². The van der Waals surface area contributed by atoms with Crippen LogP contribution in [0.25, 0.3) is 0 Å². The quantitative estimate of drug-likeness (QED) is 0.856. The fraction of sp³-hybridized carbons (Fsp3) is 0.667. The third-order valence-electron chi connectivity index (χ3n) is 7.00. The summed E-state index contributed by atoms with van der Waals surface area (Å²) in [5.41, 5.74) is 0.416. The van der Waals surface area contributed by atoms with E-state index in [0.717, 1.165) is 18.4 Å². The van der Waals surface area contributed by atoms with Crippen LogP contribution in [0.2, 0.25) is 0 Å². The minimum absolute atomic E-state index is 0.142. The molecule has 3 unspecified atom stereocenters. The van der Waals surface area contributed by atoms with E-state index in [4.69, 9.17) is 4.18 Å². The van der Waals surface area contributed by atoms with Crippen LogP contribution in [-0.4, -0.2) is 26.2 Å². The molecule has 3 rings (SSSR count). The van der Waals surface area contributed by atoms with Crippen LogP contribution in [0.4, 0.5) is 0 Å². The molecule has 5 heteroatoms. The molecule has 23 heavy (non-hydrogen) atoms. The average Bonchev–Trinajstić information content (AvgIpc) is 2.76. The van der Waals surface area contributed by atoms with Crippen molar-refractivity contribution >= 4 is 10.1 Å². The first-order valence-electron chi connectivity index (χ1n) is 8.18. The lowest BCUT2D eigenvalue weighted by atomic mass is 9.65. The Kier molecular flexibility index (Phi) is 3.71. The number of fused-ring (bicyclic) bond motifs is 2. The molecule has 0 aromatic heterocycles. The van der Waals surface area contributed by atoms with Gasteiger partial charge in [0.1, 0.15) is 0 Å². The van der Waals surface area contributed by atoms with E-state index >= 15 is 0 Å². The lowest BCUT2D eigenvalue weighted by molar-refractivity contribution is 0.00884. The first-order chi connectivity index (χ1) is 10.5. The van der Waals surface area contributed by atoms with Crippen molar-refractivity contribution in [2.75, 3.05) is 6.61 Å². The van der Waals surface area contributed by atoms with Crippen LogP contribution in [0, 0.1) is 23.2 Å². The summed E-state index contributed by atoms with van der Waals surface area (Å²) in [4.78, 5) is 0.191. The Morgan fingerprint density at radius 3 is 2.26 bits per heavy atom. The summed E-state index contributed by atoms with van der Waals surface area (Å²) in [6.07, 6.45) is 2.03. The largest absolute Gasteiger partial charge is 0.393 e. The zero-order chi connectivity index (χ0) is 17.1. The van der Waals surface area contributed by atoms with Crippen LogP contribution in [0.15, 0.2) is 29.2 Å². The summed E-state index contributed by atoms with van der Waals surface area (Å²) < 4.78 is 30.4. The maximum absolute atomic E-state index is 12.5. The van der Waals surface area contributed by atoms with Crippen molar-refractivity contribution in [3.05, 3.63) is 29.8 Å². The van der Waals surface area contributed by atoms with Gasteiger partial charge < -0.3 is 5.11 Å². The van der Waals surface area contributed by atoms with Crippen LogP contribution in [0.5, 0.6) is 0 Å².